The molecular formula is C17H21N3O2. The third-order valence-corrected chi connectivity index (χ3v) is 3.28. The number of ether oxygens (including phenoxy) is 1. The van der Waals surface area contributed by atoms with Crippen LogP contribution >= 0.6 is 0 Å². The molecule has 22 heavy (non-hydrogen) atoms. The van der Waals surface area contributed by atoms with E-state index >= 15 is 0 Å². The molecule has 116 valence electrons. The smallest absolute Gasteiger partial charge is 0.251 e. The molecule has 0 saturated carbocycles. The summed E-state index contributed by atoms with van der Waals surface area (Å²) in [4.78, 5) is 16.5. The van der Waals surface area contributed by atoms with Crippen LogP contribution in [-0.4, -0.2) is 24.0 Å². The molecule has 1 amide bonds. The molecule has 1 aromatic carbocycles. The lowest BCUT2D eigenvalue weighted by Gasteiger charge is -2.10. The highest BCUT2D eigenvalue weighted by Crippen LogP contribution is 2.13. The van der Waals surface area contributed by atoms with Gasteiger partial charge in [-0.05, 0) is 49.2 Å². The van der Waals surface area contributed by atoms with Gasteiger partial charge in [0.1, 0.15) is 12.4 Å². The van der Waals surface area contributed by atoms with Gasteiger partial charge in [-0.2, -0.15) is 0 Å². The van der Waals surface area contributed by atoms with E-state index in [1.807, 2.05) is 19.9 Å². The second-order valence-corrected chi connectivity index (χ2v) is 5.10. The Morgan fingerprint density at radius 3 is 2.86 bits per heavy atom. The minimum atomic E-state index is -0.141. The SMILES string of the molecule is Cc1cc(C)c(CNC(=O)c2cccc(OCCN)c2)cn1. The number of rotatable bonds is 6. The quantitative estimate of drug-likeness (QED) is 0.855. The molecule has 0 radical (unpaired) electrons. The largest absolute Gasteiger partial charge is 0.492 e. The van der Waals surface area contributed by atoms with E-state index < -0.39 is 0 Å². The van der Waals surface area contributed by atoms with Gasteiger partial charge in [-0.3, -0.25) is 9.78 Å². The number of nitrogens with one attached hydrogen (secondary N) is 1. The van der Waals surface area contributed by atoms with Crippen molar-refractivity contribution >= 4 is 5.91 Å². The number of pyridine rings is 1. The fourth-order valence-electron chi connectivity index (χ4n) is 2.09. The summed E-state index contributed by atoms with van der Waals surface area (Å²) in [5.74, 6) is 0.504. The maximum Gasteiger partial charge on any atom is 0.251 e. The van der Waals surface area contributed by atoms with Crippen LogP contribution in [-0.2, 0) is 6.54 Å². The molecule has 0 aliphatic carbocycles. The van der Waals surface area contributed by atoms with Crippen LogP contribution in [0.25, 0.3) is 0 Å². The number of amides is 1. The number of nitrogens with two attached hydrogens (primary N) is 1. The Hall–Kier alpha value is -2.40. The Balaban J connectivity index is 2.00. The topological polar surface area (TPSA) is 77.2 Å². The van der Waals surface area contributed by atoms with Gasteiger partial charge in [-0.15, -0.1) is 0 Å². The van der Waals surface area contributed by atoms with Gasteiger partial charge in [0, 0.05) is 30.5 Å². The predicted octanol–water partition coefficient (Wildman–Crippen LogP) is 1.97. The first kappa shape index (κ1) is 16.0. The lowest BCUT2D eigenvalue weighted by molar-refractivity contribution is 0.0950. The van der Waals surface area contributed by atoms with Crippen molar-refractivity contribution in [2.24, 2.45) is 5.73 Å². The highest BCUT2D eigenvalue weighted by Gasteiger charge is 2.08. The molecule has 0 aliphatic rings. The minimum Gasteiger partial charge on any atom is -0.492 e. The first-order chi connectivity index (χ1) is 10.6. The molecular weight excluding hydrogens is 278 g/mol. The Kier molecular flexibility index (Phi) is 5.49. The molecule has 5 nitrogen and oxygen atoms in total. The highest BCUT2D eigenvalue weighted by molar-refractivity contribution is 5.94. The molecule has 1 aromatic heterocycles. The van der Waals surface area contributed by atoms with Crippen molar-refractivity contribution in [1.82, 2.24) is 10.3 Å². The normalized spacial score (nSPS) is 10.3. The van der Waals surface area contributed by atoms with Crippen molar-refractivity contribution < 1.29 is 9.53 Å². The van der Waals surface area contributed by atoms with E-state index in [-0.39, 0.29) is 5.91 Å². The van der Waals surface area contributed by atoms with Gasteiger partial charge in [0.15, 0.2) is 0 Å². The average molecular weight is 299 g/mol. The summed E-state index contributed by atoms with van der Waals surface area (Å²) in [6, 6.07) is 9.07. The molecule has 0 atom stereocenters. The highest BCUT2D eigenvalue weighted by atomic mass is 16.5. The monoisotopic (exact) mass is 299 g/mol. The van der Waals surface area contributed by atoms with Crippen molar-refractivity contribution in [3.8, 4) is 5.75 Å². The maximum absolute atomic E-state index is 12.2. The number of hydrogen-bond donors (Lipinski definition) is 2. The number of aryl methyl sites for hydroxylation is 2. The van der Waals surface area contributed by atoms with Crippen LogP contribution in [0.2, 0.25) is 0 Å². The number of aromatic nitrogens is 1. The molecule has 0 aliphatic heterocycles. The first-order valence-electron chi connectivity index (χ1n) is 7.23. The van der Waals surface area contributed by atoms with Crippen molar-refractivity contribution in [2.45, 2.75) is 20.4 Å². The van der Waals surface area contributed by atoms with Gasteiger partial charge in [0.2, 0.25) is 0 Å². The number of hydrogen-bond acceptors (Lipinski definition) is 4. The minimum absolute atomic E-state index is 0.141. The van der Waals surface area contributed by atoms with E-state index in [1.165, 1.54) is 0 Å². The van der Waals surface area contributed by atoms with Crippen LogP contribution in [0, 0.1) is 13.8 Å². The van der Waals surface area contributed by atoms with Crippen LogP contribution in [0.1, 0.15) is 27.2 Å². The van der Waals surface area contributed by atoms with Gasteiger partial charge in [0.25, 0.3) is 5.91 Å². The molecule has 0 fully saturated rings. The van der Waals surface area contributed by atoms with E-state index in [2.05, 4.69) is 10.3 Å². The summed E-state index contributed by atoms with van der Waals surface area (Å²) >= 11 is 0. The lowest BCUT2D eigenvalue weighted by Crippen LogP contribution is -2.23. The summed E-state index contributed by atoms with van der Waals surface area (Å²) < 4.78 is 5.43. The molecule has 2 aromatic rings. The third kappa shape index (κ3) is 4.30. The Morgan fingerprint density at radius 1 is 1.32 bits per heavy atom. The zero-order valence-electron chi connectivity index (χ0n) is 12.9. The van der Waals surface area contributed by atoms with Crippen LogP contribution in [0.5, 0.6) is 5.75 Å². The lowest BCUT2D eigenvalue weighted by atomic mass is 10.1. The van der Waals surface area contributed by atoms with Crippen molar-refractivity contribution in [3.05, 3.63) is 58.9 Å². The Labute approximate surface area is 130 Å². The fraction of sp³-hybridized carbons (Fsp3) is 0.294. The van der Waals surface area contributed by atoms with Crippen molar-refractivity contribution in [2.75, 3.05) is 13.2 Å². The maximum atomic E-state index is 12.2. The summed E-state index contributed by atoms with van der Waals surface area (Å²) in [7, 11) is 0. The molecule has 2 rings (SSSR count). The van der Waals surface area contributed by atoms with Gasteiger partial charge in [-0.25, -0.2) is 0 Å². The zero-order chi connectivity index (χ0) is 15.9. The Bertz CT molecular complexity index is 656. The van der Waals surface area contributed by atoms with Crippen LogP contribution in [0.4, 0.5) is 0 Å². The van der Waals surface area contributed by atoms with Crippen molar-refractivity contribution in [3.63, 3.8) is 0 Å². The van der Waals surface area contributed by atoms with Crippen LogP contribution in [0.15, 0.2) is 36.5 Å². The van der Waals surface area contributed by atoms with E-state index in [0.29, 0.717) is 31.0 Å². The van der Waals surface area contributed by atoms with E-state index in [4.69, 9.17) is 10.5 Å². The molecule has 0 unspecified atom stereocenters. The second-order valence-electron chi connectivity index (χ2n) is 5.10. The third-order valence-electron chi connectivity index (χ3n) is 3.28. The average Bonchev–Trinajstić information content (AvgIpc) is 2.52. The summed E-state index contributed by atoms with van der Waals surface area (Å²) in [6.45, 7) is 5.28. The molecule has 0 saturated heterocycles. The predicted molar refractivity (Wildman–Crippen MR) is 85.9 cm³/mol. The first-order valence-corrected chi connectivity index (χ1v) is 7.23. The number of carbonyl (C=O) groups is 1. The second kappa shape index (κ2) is 7.56. The molecule has 1 heterocycles. The number of nitrogens with zero attached hydrogens (tertiary/aromatic N) is 1. The summed E-state index contributed by atoms with van der Waals surface area (Å²) in [5.41, 5.74) is 9.06. The van der Waals surface area contributed by atoms with Gasteiger partial charge in [-0.1, -0.05) is 6.07 Å². The summed E-state index contributed by atoms with van der Waals surface area (Å²) in [5, 5.41) is 2.90. The van der Waals surface area contributed by atoms with E-state index in [1.54, 1.807) is 30.5 Å². The molecule has 0 spiro atoms. The Morgan fingerprint density at radius 2 is 2.14 bits per heavy atom. The van der Waals surface area contributed by atoms with Gasteiger partial charge in [0.05, 0.1) is 0 Å². The molecule has 3 N–H and O–H groups in total. The van der Waals surface area contributed by atoms with Gasteiger partial charge < -0.3 is 15.8 Å². The van der Waals surface area contributed by atoms with E-state index in [9.17, 15) is 4.79 Å². The van der Waals surface area contributed by atoms with Crippen LogP contribution in [0.3, 0.4) is 0 Å². The van der Waals surface area contributed by atoms with Gasteiger partial charge >= 0.3 is 0 Å². The molecule has 5 heteroatoms. The zero-order valence-corrected chi connectivity index (χ0v) is 12.9. The number of benzene rings is 1. The van der Waals surface area contributed by atoms with Crippen LogP contribution < -0.4 is 15.8 Å². The standard InChI is InChI=1S/C17H21N3O2/c1-12-8-13(2)19-10-15(12)11-20-17(21)14-4-3-5-16(9-14)22-7-6-18/h3-5,8-10H,6-7,11,18H2,1-2H3,(H,20,21). The summed E-state index contributed by atoms with van der Waals surface area (Å²) in [6.07, 6.45) is 1.80. The number of carbonyl (C=O) groups excluding carboxylic acids is 1. The fourth-order valence-corrected chi connectivity index (χ4v) is 2.09. The van der Waals surface area contributed by atoms with E-state index in [0.717, 1.165) is 16.8 Å². The van der Waals surface area contributed by atoms with Crippen molar-refractivity contribution in [1.29, 1.82) is 0 Å². The molecule has 0 bridgehead atoms.